The molecule has 0 spiro atoms. The third-order valence-corrected chi connectivity index (χ3v) is 1.28. The Hall–Kier alpha value is -0.990. The molecule has 0 saturated carbocycles. The van der Waals surface area contributed by atoms with Gasteiger partial charge in [0, 0.05) is 0 Å². The molecule has 2 radical (unpaired) electrons. The van der Waals surface area contributed by atoms with E-state index in [9.17, 15) is 13.2 Å². The predicted octanol–water partition coefficient (Wildman–Crippen LogP) is 2.61. The zero-order valence-corrected chi connectivity index (χ0v) is 5.79. The molecule has 0 aliphatic carbocycles. The minimum atomic E-state index is -4.29. The van der Waals surface area contributed by atoms with Crippen LogP contribution in [-0.2, 0) is 6.18 Å². The Labute approximate surface area is 62.7 Å². The van der Waals surface area contributed by atoms with E-state index >= 15 is 0 Å². The normalized spacial score (nSPS) is 11.6. The van der Waals surface area contributed by atoms with Gasteiger partial charge >= 0.3 is 6.18 Å². The third-order valence-electron chi connectivity index (χ3n) is 1.28. The summed E-state index contributed by atoms with van der Waals surface area (Å²) in [4.78, 5) is 0. The first-order chi connectivity index (χ1) is 5.02. The number of hydrogen-bond donors (Lipinski definition) is 0. The second-order valence-electron chi connectivity index (χ2n) is 2.16. The lowest BCUT2D eigenvalue weighted by Crippen LogP contribution is -2.06. The zero-order chi connectivity index (χ0) is 8.48. The Bertz CT molecular complexity index is 250. The Morgan fingerprint density at radius 3 is 2.36 bits per heavy atom. The Morgan fingerprint density at radius 2 is 2.00 bits per heavy atom. The minimum Gasteiger partial charge on any atom is -0.166 e. The molecule has 0 saturated heterocycles. The SMILES string of the molecule is Cc1c[c]c[c]c1C(F)(F)F. The van der Waals surface area contributed by atoms with Gasteiger partial charge in [-0.15, -0.1) is 0 Å². The standard InChI is InChI=1S/C8H5F3/c1-6-4-2-3-5-7(6)8(9,10)11/h3-4H,1H3. The van der Waals surface area contributed by atoms with Crippen LogP contribution in [0.1, 0.15) is 11.1 Å². The average Bonchev–Trinajstić information content (AvgIpc) is 1.86. The fourth-order valence-electron chi connectivity index (χ4n) is 0.772. The monoisotopic (exact) mass is 158 g/mol. The molecule has 58 valence electrons. The van der Waals surface area contributed by atoms with Crippen molar-refractivity contribution in [3.05, 3.63) is 35.4 Å². The van der Waals surface area contributed by atoms with Gasteiger partial charge in [-0.25, -0.2) is 0 Å². The van der Waals surface area contributed by atoms with Gasteiger partial charge in [-0.2, -0.15) is 13.2 Å². The first-order valence-corrected chi connectivity index (χ1v) is 2.97. The van der Waals surface area contributed by atoms with Gasteiger partial charge in [0.25, 0.3) is 0 Å². The minimum absolute atomic E-state index is 0.153. The number of benzene rings is 1. The molecule has 0 amide bonds. The third kappa shape index (κ3) is 1.73. The molecule has 0 nitrogen and oxygen atoms in total. The quantitative estimate of drug-likeness (QED) is 0.544. The van der Waals surface area contributed by atoms with E-state index in [1.807, 2.05) is 0 Å². The first-order valence-electron chi connectivity index (χ1n) is 2.97. The molecule has 1 aromatic rings. The molecule has 1 aromatic carbocycles. The summed E-state index contributed by atoms with van der Waals surface area (Å²) < 4.78 is 36.0. The summed E-state index contributed by atoms with van der Waals surface area (Å²) in [7, 11) is 0. The molecule has 0 aliphatic rings. The van der Waals surface area contributed by atoms with E-state index in [4.69, 9.17) is 0 Å². The van der Waals surface area contributed by atoms with Gasteiger partial charge < -0.3 is 0 Å². The van der Waals surface area contributed by atoms with Gasteiger partial charge in [-0.05, 0) is 30.7 Å². The highest BCUT2D eigenvalue weighted by Gasteiger charge is 2.31. The van der Waals surface area contributed by atoms with Crippen LogP contribution in [0.2, 0.25) is 0 Å². The number of aryl methyl sites for hydroxylation is 1. The fraction of sp³-hybridized carbons (Fsp3) is 0.250. The lowest BCUT2D eigenvalue weighted by molar-refractivity contribution is -0.138. The van der Waals surface area contributed by atoms with Crippen molar-refractivity contribution in [1.82, 2.24) is 0 Å². The van der Waals surface area contributed by atoms with E-state index in [1.54, 1.807) is 0 Å². The molecular weight excluding hydrogens is 153 g/mol. The van der Waals surface area contributed by atoms with Crippen LogP contribution in [-0.4, -0.2) is 0 Å². The maximum absolute atomic E-state index is 12.0. The molecule has 0 unspecified atom stereocenters. The van der Waals surface area contributed by atoms with Gasteiger partial charge in [0.15, 0.2) is 0 Å². The maximum atomic E-state index is 12.0. The van der Waals surface area contributed by atoms with Crippen LogP contribution >= 0.6 is 0 Å². The van der Waals surface area contributed by atoms with Crippen molar-refractivity contribution in [2.24, 2.45) is 0 Å². The van der Waals surface area contributed by atoms with E-state index in [0.29, 0.717) is 0 Å². The lowest BCUT2D eigenvalue weighted by atomic mass is 10.1. The van der Waals surface area contributed by atoms with Crippen LogP contribution in [0.15, 0.2) is 12.1 Å². The van der Waals surface area contributed by atoms with Gasteiger partial charge in [0.1, 0.15) is 0 Å². The maximum Gasteiger partial charge on any atom is 0.417 e. The second kappa shape index (κ2) is 2.57. The highest BCUT2D eigenvalue weighted by Crippen LogP contribution is 2.30. The molecule has 3 heteroatoms. The summed E-state index contributed by atoms with van der Waals surface area (Å²) in [6, 6.07) is 7.04. The topological polar surface area (TPSA) is 0 Å². The Balaban J connectivity index is 3.14. The van der Waals surface area contributed by atoms with Crippen molar-refractivity contribution in [3.8, 4) is 0 Å². The van der Waals surface area contributed by atoms with Crippen molar-refractivity contribution in [2.75, 3.05) is 0 Å². The molecule has 0 atom stereocenters. The van der Waals surface area contributed by atoms with Crippen LogP contribution in [0.25, 0.3) is 0 Å². The molecule has 11 heavy (non-hydrogen) atoms. The van der Waals surface area contributed by atoms with Gasteiger partial charge in [0.2, 0.25) is 0 Å². The van der Waals surface area contributed by atoms with Crippen LogP contribution < -0.4 is 0 Å². The van der Waals surface area contributed by atoms with Crippen molar-refractivity contribution >= 4 is 0 Å². The highest BCUT2D eigenvalue weighted by molar-refractivity contribution is 5.26. The van der Waals surface area contributed by atoms with E-state index in [0.717, 1.165) is 6.07 Å². The summed E-state index contributed by atoms with van der Waals surface area (Å²) in [5, 5.41) is 0. The first kappa shape index (κ1) is 8.11. The van der Waals surface area contributed by atoms with E-state index < -0.39 is 11.7 Å². The van der Waals surface area contributed by atoms with E-state index in [-0.39, 0.29) is 5.56 Å². The number of rotatable bonds is 0. The zero-order valence-electron chi connectivity index (χ0n) is 5.79. The number of hydrogen-bond acceptors (Lipinski definition) is 0. The molecule has 0 heterocycles. The highest BCUT2D eigenvalue weighted by atomic mass is 19.4. The van der Waals surface area contributed by atoms with Crippen molar-refractivity contribution in [3.63, 3.8) is 0 Å². The Morgan fingerprint density at radius 1 is 1.36 bits per heavy atom. The molecule has 0 aromatic heterocycles. The van der Waals surface area contributed by atoms with Crippen LogP contribution in [0, 0.1) is 19.1 Å². The largest absolute Gasteiger partial charge is 0.417 e. The second-order valence-corrected chi connectivity index (χ2v) is 2.16. The average molecular weight is 158 g/mol. The summed E-state index contributed by atoms with van der Waals surface area (Å²) in [6.07, 6.45) is -4.29. The van der Waals surface area contributed by atoms with Crippen molar-refractivity contribution in [2.45, 2.75) is 13.1 Å². The predicted molar refractivity (Wildman–Crippen MR) is 33.9 cm³/mol. The molecule has 0 aliphatic heterocycles. The van der Waals surface area contributed by atoms with Crippen LogP contribution in [0.3, 0.4) is 0 Å². The van der Waals surface area contributed by atoms with Crippen molar-refractivity contribution in [1.29, 1.82) is 0 Å². The van der Waals surface area contributed by atoms with Crippen LogP contribution in [0.5, 0.6) is 0 Å². The van der Waals surface area contributed by atoms with Gasteiger partial charge in [-0.1, -0.05) is 6.07 Å². The Kier molecular flexibility index (Phi) is 1.89. The van der Waals surface area contributed by atoms with E-state index in [1.165, 1.54) is 13.0 Å². The summed E-state index contributed by atoms with van der Waals surface area (Å²) in [5.41, 5.74) is -0.559. The molecule has 0 N–H and O–H groups in total. The molecular formula is C8H5F3. The fourth-order valence-corrected chi connectivity index (χ4v) is 0.772. The van der Waals surface area contributed by atoms with Crippen molar-refractivity contribution < 1.29 is 13.2 Å². The molecule has 0 fully saturated rings. The molecule has 1 rings (SSSR count). The van der Waals surface area contributed by atoms with Gasteiger partial charge in [0.05, 0.1) is 5.56 Å². The van der Waals surface area contributed by atoms with Gasteiger partial charge in [-0.3, -0.25) is 0 Å². The lowest BCUT2D eigenvalue weighted by Gasteiger charge is -2.07. The van der Waals surface area contributed by atoms with Crippen LogP contribution in [0.4, 0.5) is 13.2 Å². The number of alkyl halides is 3. The molecule has 0 bridgehead atoms. The van der Waals surface area contributed by atoms with E-state index in [2.05, 4.69) is 12.1 Å². The number of halogens is 3. The summed E-state index contributed by atoms with van der Waals surface area (Å²) in [5.74, 6) is 0. The smallest absolute Gasteiger partial charge is 0.166 e. The summed E-state index contributed by atoms with van der Waals surface area (Å²) in [6.45, 7) is 1.38. The summed E-state index contributed by atoms with van der Waals surface area (Å²) >= 11 is 0.